The highest BCUT2D eigenvalue weighted by molar-refractivity contribution is 5.86. The van der Waals surface area contributed by atoms with Gasteiger partial charge in [0.15, 0.2) is 0 Å². The fraction of sp³-hybridized carbons (Fsp3) is 0.269. The molecule has 0 radical (unpaired) electrons. The Morgan fingerprint density at radius 2 is 1.79 bits per heavy atom. The predicted molar refractivity (Wildman–Crippen MR) is 124 cm³/mol. The molecule has 0 N–H and O–H groups in total. The lowest BCUT2D eigenvalue weighted by molar-refractivity contribution is 0.402. The van der Waals surface area contributed by atoms with Gasteiger partial charge in [0.1, 0.15) is 17.7 Å². The standard InChI is InChI=1S/C26H23F2N5/c1-2-17-15-30-26(31-16-17)32-8-6-21(7-9-32)33-10-5-19-11-22(24(28)13-25(19)33)18-3-4-20(14-29)23(27)12-18/h3-5,10-13,15-16,21H,2,6-9H2,1H3. The highest BCUT2D eigenvalue weighted by Crippen LogP contribution is 2.33. The summed E-state index contributed by atoms with van der Waals surface area (Å²) in [5, 5.41) is 9.83. The van der Waals surface area contributed by atoms with E-state index in [1.54, 1.807) is 18.2 Å². The Morgan fingerprint density at radius 1 is 1.03 bits per heavy atom. The van der Waals surface area contributed by atoms with E-state index < -0.39 is 11.6 Å². The number of halogens is 2. The first-order valence-corrected chi connectivity index (χ1v) is 11.1. The maximum absolute atomic E-state index is 15.1. The van der Waals surface area contributed by atoms with E-state index in [0.29, 0.717) is 11.1 Å². The van der Waals surface area contributed by atoms with E-state index in [-0.39, 0.29) is 11.6 Å². The van der Waals surface area contributed by atoms with Crippen molar-refractivity contribution in [3.8, 4) is 17.2 Å². The number of nitrogens with zero attached hydrogens (tertiary/aromatic N) is 5. The predicted octanol–water partition coefficient (Wildman–Crippen LogP) is 5.65. The molecule has 1 aliphatic rings. The molecule has 0 amide bonds. The number of aryl methyl sites for hydroxylation is 1. The molecule has 0 saturated carbocycles. The van der Waals surface area contributed by atoms with Gasteiger partial charge < -0.3 is 9.47 Å². The summed E-state index contributed by atoms with van der Waals surface area (Å²) in [5.74, 6) is -0.297. The molecule has 1 fully saturated rings. The van der Waals surface area contributed by atoms with Gasteiger partial charge in [-0.25, -0.2) is 18.7 Å². The van der Waals surface area contributed by atoms with Crippen LogP contribution in [0.1, 0.15) is 36.9 Å². The molecule has 5 rings (SSSR count). The molecule has 1 aliphatic heterocycles. The fourth-order valence-electron chi connectivity index (χ4n) is 4.53. The topological polar surface area (TPSA) is 57.7 Å². The summed E-state index contributed by atoms with van der Waals surface area (Å²) in [7, 11) is 0. The smallest absolute Gasteiger partial charge is 0.225 e. The molecule has 0 unspecified atom stereocenters. The number of benzene rings is 2. The molecule has 33 heavy (non-hydrogen) atoms. The van der Waals surface area contributed by atoms with Gasteiger partial charge in [-0.3, -0.25) is 0 Å². The number of anilines is 1. The minimum absolute atomic E-state index is 0.0514. The molecule has 0 aliphatic carbocycles. The first-order valence-electron chi connectivity index (χ1n) is 11.1. The van der Waals surface area contributed by atoms with Crippen LogP contribution in [0.25, 0.3) is 22.0 Å². The molecule has 1 saturated heterocycles. The second-order valence-corrected chi connectivity index (χ2v) is 8.38. The van der Waals surface area contributed by atoms with Crippen LogP contribution in [0.3, 0.4) is 0 Å². The van der Waals surface area contributed by atoms with Gasteiger partial charge in [0.25, 0.3) is 0 Å². The van der Waals surface area contributed by atoms with Crippen LogP contribution < -0.4 is 4.90 Å². The molecule has 2 aromatic heterocycles. The van der Waals surface area contributed by atoms with Crippen molar-refractivity contribution in [3.05, 3.63) is 77.8 Å². The van der Waals surface area contributed by atoms with Crippen molar-refractivity contribution in [3.63, 3.8) is 0 Å². The van der Waals surface area contributed by atoms with Crippen molar-refractivity contribution < 1.29 is 8.78 Å². The second-order valence-electron chi connectivity index (χ2n) is 8.38. The average Bonchev–Trinajstić information content (AvgIpc) is 3.26. The zero-order valence-electron chi connectivity index (χ0n) is 18.3. The molecule has 4 aromatic rings. The van der Waals surface area contributed by atoms with Crippen LogP contribution in [-0.2, 0) is 6.42 Å². The number of fused-ring (bicyclic) bond motifs is 1. The van der Waals surface area contributed by atoms with Crippen LogP contribution in [-0.4, -0.2) is 27.6 Å². The van der Waals surface area contributed by atoms with Crippen LogP contribution in [0, 0.1) is 23.0 Å². The third-order valence-corrected chi connectivity index (χ3v) is 6.45. The third kappa shape index (κ3) is 3.93. The maximum Gasteiger partial charge on any atom is 0.225 e. The van der Waals surface area contributed by atoms with Crippen LogP contribution in [0.2, 0.25) is 0 Å². The number of aromatic nitrogens is 3. The Hall–Kier alpha value is -3.79. The monoisotopic (exact) mass is 443 g/mol. The molecule has 166 valence electrons. The molecule has 0 bridgehead atoms. The van der Waals surface area contributed by atoms with Gasteiger partial charge in [-0.15, -0.1) is 0 Å². The van der Waals surface area contributed by atoms with Gasteiger partial charge in [-0.1, -0.05) is 13.0 Å². The minimum Gasteiger partial charge on any atom is -0.344 e. The van der Waals surface area contributed by atoms with Gasteiger partial charge in [0, 0.05) is 48.7 Å². The Kier molecular flexibility index (Phi) is 5.51. The summed E-state index contributed by atoms with van der Waals surface area (Å²) in [6, 6.07) is 11.5. The lowest BCUT2D eigenvalue weighted by Gasteiger charge is -2.33. The fourth-order valence-corrected chi connectivity index (χ4v) is 4.53. The molecule has 7 heteroatoms. The summed E-state index contributed by atoms with van der Waals surface area (Å²) in [6.45, 7) is 3.75. The van der Waals surface area contributed by atoms with Crippen LogP contribution in [0.5, 0.6) is 0 Å². The summed E-state index contributed by atoms with van der Waals surface area (Å²) in [5.41, 5.74) is 2.64. The number of hydrogen-bond donors (Lipinski definition) is 0. The van der Waals surface area contributed by atoms with Crippen molar-refractivity contribution in [2.75, 3.05) is 18.0 Å². The van der Waals surface area contributed by atoms with Crippen molar-refractivity contribution in [2.45, 2.75) is 32.2 Å². The van der Waals surface area contributed by atoms with Crippen LogP contribution in [0.4, 0.5) is 14.7 Å². The van der Waals surface area contributed by atoms with Crippen molar-refractivity contribution in [2.24, 2.45) is 0 Å². The van der Waals surface area contributed by atoms with Gasteiger partial charge >= 0.3 is 0 Å². The Labute approximate surface area is 190 Å². The van der Waals surface area contributed by atoms with Crippen molar-refractivity contribution in [1.82, 2.24) is 14.5 Å². The van der Waals surface area contributed by atoms with E-state index in [1.807, 2.05) is 24.7 Å². The third-order valence-electron chi connectivity index (χ3n) is 6.45. The largest absolute Gasteiger partial charge is 0.344 e. The van der Waals surface area contributed by atoms with E-state index >= 15 is 4.39 Å². The molecular weight excluding hydrogens is 420 g/mol. The van der Waals surface area contributed by atoms with Gasteiger partial charge in [-0.05, 0) is 60.7 Å². The summed E-state index contributed by atoms with van der Waals surface area (Å²) in [4.78, 5) is 11.2. The first-order chi connectivity index (χ1) is 16.1. The zero-order chi connectivity index (χ0) is 22.9. The maximum atomic E-state index is 15.1. The Morgan fingerprint density at radius 3 is 2.45 bits per heavy atom. The van der Waals surface area contributed by atoms with E-state index in [9.17, 15) is 4.39 Å². The first kappa shape index (κ1) is 21.1. The quantitative estimate of drug-likeness (QED) is 0.409. The summed E-state index contributed by atoms with van der Waals surface area (Å²) in [6.07, 6.45) is 8.50. The summed E-state index contributed by atoms with van der Waals surface area (Å²) >= 11 is 0. The highest BCUT2D eigenvalue weighted by Gasteiger charge is 2.23. The van der Waals surface area contributed by atoms with Gasteiger partial charge in [0.2, 0.25) is 5.95 Å². The molecule has 2 aromatic carbocycles. The number of rotatable bonds is 4. The number of hydrogen-bond acceptors (Lipinski definition) is 4. The summed E-state index contributed by atoms with van der Waals surface area (Å²) < 4.78 is 31.3. The van der Waals surface area contributed by atoms with Crippen molar-refractivity contribution >= 4 is 16.9 Å². The molecule has 3 heterocycles. The molecular formula is C26H23F2N5. The van der Waals surface area contributed by atoms with Gasteiger partial charge in [-0.2, -0.15) is 5.26 Å². The molecule has 0 atom stereocenters. The molecule has 5 nitrogen and oxygen atoms in total. The SMILES string of the molecule is CCc1cnc(N2CCC(n3ccc4cc(-c5ccc(C#N)c(F)c5)c(F)cc43)CC2)nc1. The number of nitriles is 1. The van der Waals surface area contributed by atoms with Crippen LogP contribution >= 0.6 is 0 Å². The highest BCUT2D eigenvalue weighted by atomic mass is 19.1. The second kappa shape index (κ2) is 8.62. The van der Waals surface area contributed by atoms with E-state index in [0.717, 1.165) is 54.8 Å². The van der Waals surface area contributed by atoms with E-state index in [1.165, 1.54) is 18.2 Å². The molecule has 0 spiro atoms. The number of piperidine rings is 1. The van der Waals surface area contributed by atoms with Crippen LogP contribution in [0.15, 0.2) is 55.0 Å². The van der Waals surface area contributed by atoms with E-state index in [2.05, 4.69) is 26.4 Å². The minimum atomic E-state index is -0.646. The Balaban J connectivity index is 1.37. The lowest BCUT2D eigenvalue weighted by Crippen LogP contribution is -2.35. The van der Waals surface area contributed by atoms with E-state index in [4.69, 9.17) is 5.26 Å². The normalized spacial score (nSPS) is 14.5. The lowest BCUT2D eigenvalue weighted by atomic mass is 10.0. The zero-order valence-corrected chi connectivity index (χ0v) is 18.3. The Bertz CT molecular complexity index is 1350. The van der Waals surface area contributed by atoms with Gasteiger partial charge in [0.05, 0.1) is 11.1 Å². The van der Waals surface area contributed by atoms with Crippen molar-refractivity contribution in [1.29, 1.82) is 5.26 Å². The average molecular weight is 444 g/mol.